The van der Waals surface area contributed by atoms with Crippen molar-refractivity contribution in [1.82, 2.24) is 4.31 Å². The lowest BCUT2D eigenvalue weighted by Gasteiger charge is -2.31. The van der Waals surface area contributed by atoms with Crippen LogP contribution < -0.4 is 0 Å². The van der Waals surface area contributed by atoms with Crippen molar-refractivity contribution in [3.05, 3.63) is 28.7 Å². The maximum absolute atomic E-state index is 12.5. The van der Waals surface area contributed by atoms with Crippen LogP contribution >= 0.6 is 27.7 Å². The molecule has 1 heterocycles. The monoisotopic (exact) mass is 365 g/mol. The van der Waals surface area contributed by atoms with Crippen molar-refractivity contribution >= 4 is 43.7 Å². The second-order valence-electron chi connectivity index (χ2n) is 3.98. The molecule has 19 heavy (non-hydrogen) atoms. The van der Waals surface area contributed by atoms with Crippen LogP contribution in [-0.2, 0) is 14.8 Å². The normalized spacial score (nSPS) is 21.2. The predicted molar refractivity (Wildman–Crippen MR) is 76.8 cm³/mol. The minimum absolute atomic E-state index is 0.105. The standard InChI is InChI=1S/C11H12BrNO4S2/c12-8-3-1-2-4-10(8)19(16,17)13-5-6-18-7-9(13)11(14)15/h1-4,9H,5-7H2,(H,14,15). The van der Waals surface area contributed by atoms with Gasteiger partial charge in [-0.3, -0.25) is 4.79 Å². The van der Waals surface area contributed by atoms with Crippen molar-refractivity contribution in [2.45, 2.75) is 10.9 Å². The molecule has 1 aromatic rings. The summed E-state index contributed by atoms with van der Waals surface area (Å²) in [7, 11) is -3.79. The van der Waals surface area contributed by atoms with Crippen LogP contribution in [0.2, 0.25) is 0 Å². The Hall–Kier alpha value is -0.570. The number of hydrogen-bond donors (Lipinski definition) is 1. The van der Waals surface area contributed by atoms with Crippen molar-refractivity contribution in [2.75, 3.05) is 18.1 Å². The number of sulfonamides is 1. The SMILES string of the molecule is O=C(O)C1CSCCN1S(=O)(=O)c1ccccc1Br. The summed E-state index contributed by atoms with van der Waals surface area (Å²) >= 11 is 4.65. The molecule has 1 saturated heterocycles. The van der Waals surface area contributed by atoms with Gasteiger partial charge in [-0.1, -0.05) is 12.1 Å². The molecule has 1 atom stereocenters. The van der Waals surface area contributed by atoms with Gasteiger partial charge in [-0.25, -0.2) is 8.42 Å². The van der Waals surface area contributed by atoms with E-state index in [1.54, 1.807) is 18.2 Å². The van der Waals surface area contributed by atoms with Crippen LogP contribution in [-0.4, -0.2) is 47.9 Å². The molecule has 1 unspecified atom stereocenters. The fourth-order valence-corrected chi connectivity index (χ4v) is 5.65. The smallest absolute Gasteiger partial charge is 0.322 e. The number of aliphatic carboxylic acids is 1. The topological polar surface area (TPSA) is 74.7 Å². The molecule has 2 rings (SSSR count). The Bertz CT molecular complexity index is 590. The molecular formula is C11H12BrNO4S2. The molecule has 8 heteroatoms. The van der Waals surface area contributed by atoms with E-state index in [1.165, 1.54) is 17.8 Å². The van der Waals surface area contributed by atoms with E-state index in [4.69, 9.17) is 5.11 Å². The zero-order chi connectivity index (χ0) is 14.0. The van der Waals surface area contributed by atoms with Gasteiger partial charge < -0.3 is 5.11 Å². The predicted octanol–water partition coefficient (Wildman–Crippen LogP) is 1.64. The lowest BCUT2D eigenvalue weighted by Crippen LogP contribution is -2.50. The van der Waals surface area contributed by atoms with Crippen LogP contribution in [0.15, 0.2) is 33.6 Å². The summed E-state index contributed by atoms with van der Waals surface area (Å²) in [4.78, 5) is 11.3. The largest absolute Gasteiger partial charge is 0.480 e. The molecule has 1 fully saturated rings. The van der Waals surface area contributed by atoms with Crippen LogP contribution in [0.3, 0.4) is 0 Å². The van der Waals surface area contributed by atoms with Crippen molar-refractivity contribution in [2.24, 2.45) is 0 Å². The third-order valence-corrected chi connectivity index (χ3v) is 6.73. The highest BCUT2D eigenvalue weighted by atomic mass is 79.9. The number of carbonyl (C=O) groups is 1. The minimum atomic E-state index is -3.79. The number of thioether (sulfide) groups is 1. The Morgan fingerprint density at radius 3 is 2.74 bits per heavy atom. The zero-order valence-electron chi connectivity index (χ0n) is 9.82. The Morgan fingerprint density at radius 2 is 2.11 bits per heavy atom. The highest BCUT2D eigenvalue weighted by Gasteiger charge is 2.38. The first kappa shape index (κ1) is 14.8. The lowest BCUT2D eigenvalue weighted by molar-refractivity contribution is -0.140. The molecule has 0 aromatic heterocycles. The van der Waals surface area contributed by atoms with E-state index in [0.717, 1.165) is 4.31 Å². The molecule has 0 radical (unpaired) electrons. The maximum atomic E-state index is 12.5. The molecule has 1 aliphatic rings. The highest BCUT2D eigenvalue weighted by Crippen LogP contribution is 2.29. The summed E-state index contributed by atoms with van der Waals surface area (Å²) < 4.78 is 26.6. The molecule has 104 valence electrons. The van der Waals surface area contributed by atoms with Gasteiger partial charge in [-0.2, -0.15) is 16.1 Å². The Morgan fingerprint density at radius 1 is 1.42 bits per heavy atom. The summed E-state index contributed by atoms with van der Waals surface area (Å²) in [6.45, 7) is 0.214. The van der Waals surface area contributed by atoms with Crippen LogP contribution in [0.4, 0.5) is 0 Å². The van der Waals surface area contributed by atoms with E-state index >= 15 is 0 Å². The van der Waals surface area contributed by atoms with Gasteiger partial charge in [0.05, 0.1) is 4.90 Å². The van der Waals surface area contributed by atoms with Crippen LogP contribution in [0.5, 0.6) is 0 Å². The number of rotatable bonds is 3. The second kappa shape index (κ2) is 5.82. The Labute approximate surface area is 124 Å². The number of carboxylic acids is 1. The number of carboxylic acid groups (broad SMARTS) is 1. The van der Waals surface area contributed by atoms with E-state index < -0.39 is 22.0 Å². The average molecular weight is 366 g/mol. The molecule has 5 nitrogen and oxygen atoms in total. The number of benzene rings is 1. The molecule has 0 saturated carbocycles. The summed E-state index contributed by atoms with van der Waals surface area (Å²) in [5.74, 6) is -0.227. The minimum Gasteiger partial charge on any atom is -0.480 e. The summed E-state index contributed by atoms with van der Waals surface area (Å²) in [6, 6.07) is 5.42. The fraction of sp³-hybridized carbons (Fsp3) is 0.364. The third kappa shape index (κ3) is 2.96. The first-order chi connectivity index (χ1) is 8.94. The molecule has 1 aliphatic heterocycles. The quantitative estimate of drug-likeness (QED) is 0.880. The van der Waals surface area contributed by atoms with Gasteiger partial charge >= 0.3 is 5.97 Å². The summed E-state index contributed by atoms with van der Waals surface area (Å²) in [5.41, 5.74) is 0. The van der Waals surface area contributed by atoms with E-state index in [0.29, 0.717) is 10.2 Å². The van der Waals surface area contributed by atoms with Crippen LogP contribution in [0, 0.1) is 0 Å². The third-order valence-electron chi connectivity index (χ3n) is 2.79. The fourth-order valence-electron chi connectivity index (χ4n) is 1.85. The van der Waals surface area contributed by atoms with Gasteiger partial charge in [0.25, 0.3) is 0 Å². The Kier molecular flexibility index (Phi) is 4.54. The molecular weight excluding hydrogens is 354 g/mol. The molecule has 0 amide bonds. The summed E-state index contributed by atoms with van der Waals surface area (Å²) in [6.07, 6.45) is 0. The van der Waals surface area contributed by atoms with Gasteiger partial charge in [-0.05, 0) is 28.1 Å². The van der Waals surface area contributed by atoms with Gasteiger partial charge in [-0.15, -0.1) is 0 Å². The first-order valence-corrected chi connectivity index (χ1v) is 8.90. The zero-order valence-corrected chi connectivity index (χ0v) is 13.0. The number of hydrogen-bond acceptors (Lipinski definition) is 4. The van der Waals surface area contributed by atoms with E-state index in [-0.39, 0.29) is 17.2 Å². The molecule has 1 N–H and O–H groups in total. The second-order valence-corrected chi connectivity index (χ2v) is 7.84. The molecule has 1 aromatic carbocycles. The summed E-state index contributed by atoms with van der Waals surface area (Å²) in [5, 5.41) is 9.16. The van der Waals surface area contributed by atoms with E-state index in [2.05, 4.69) is 15.9 Å². The van der Waals surface area contributed by atoms with Crippen molar-refractivity contribution in [1.29, 1.82) is 0 Å². The average Bonchev–Trinajstić information content (AvgIpc) is 2.39. The Balaban J connectivity index is 2.43. The molecule has 0 aliphatic carbocycles. The maximum Gasteiger partial charge on any atom is 0.322 e. The van der Waals surface area contributed by atoms with Gasteiger partial charge in [0, 0.05) is 22.5 Å². The highest BCUT2D eigenvalue weighted by molar-refractivity contribution is 9.10. The van der Waals surface area contributed by atoms with E-state index in [9.17, 15) is 13.2 Å². The van der Waals surface area contributed by atoms with Crippen molar-refractivity contribution in [3.63, 3.8) is 0 Å². The van der Waals surface area contributed by atoms with Gasteiger partial charge in [0.2, 0.25) is 10.0 Å². The van der Waals surface area contributed by atoms with Crippen LogP contribution in [0.25, 0.3) is 0 Å². The van der Waals surface area contributed by atoms with Gasteiger partial charge in [0.15, 0.2) is 0 Å². The van der Waals surface area contributed by atoms with Gasteiger partial charge in [0.1, 0.15) is 6.04 Å². The first-order valence-electron chi connectivity index (χ1n) is 5.51. The van der Waals surface area contributed by atoms with Crippen molar-refractivity contribution in [3.8, 4) is 0 Å². The lowest BCUT2D eigenvalue weighted by atomic mass is 10.3. The van der Waals surface area contributed by atoms with Crippen molar-refractivity contribution < 1.29 is 18.3 Å². The molecule has 0 spiro atoms. The van der Waals surface area contributed by atoms with Crippen LogP contribution in [0.1, 0.15) is 0 Å². The number of halogens is 1. The number of nitrogens with zero attached hydrogens (tertiary/aromatic N) is 1. The van der Waals surface area contributed by atoms with E-state index in [1.807, 2.05) is 0 Å². The molecule has 0 bridgehead atoms.